The Morgan fingerprint density at radius 2 is 2.00 bits per heavy atom. The molecule has 0 bridgehead atoms. The van der Waals surface area contributed by atoms with Crippen LogP contribution in [0.5, 0.6) is 5.75 Å². The summed E-state index contributed by atoms with van der Waals surface area (Å²) in [7, 11) is -2.12. The van der Waals surface area contributed by atoms with Crippen LogP contribution in [-0.4, -0.2) is 32.4 Å². The van der Waals surface area contributed by atoms with Gasteiger partial charge in [-0.15, -0.1) is 0 Å². The number of rotatable bonds is 7. The fourth-order valence-electron chi connectivity index (χ4n) is 2.05. The summed E-state index contributed by atoms with van der Waals surface area (Å²) in [6.45, 7) is 6.47. The molecule has 0 radical (unpaired) electrons. The van der Waals surface area contributed by atoms with E-state index < -0.39 is 10.0 Å². The van der Waals surface area contributed by atoms with E-state index in [-0.39, 0.29) is 10.9 Å². The highest BCUT2D eigenvalue weighted by molar-refractivity contribution is 7.89. The maximum Gasteiger partial charge on any atom is 0.246 e. The number of hydrogen-bond acceptors (Lipinski definition) is 4. The first kappa shape index (κ1) is 16.9. The summed E-state index contributed by atoms with van der Waals surface area (Å²) in [5, 5.41) is 0. The Labute approximate surface area is 121 Å². The minimum atomic E-state index is -3.59. The zero-order chi connectivity index (χ0) is 15.3. The van der Waals surface area contributed by atoms with Crippen LogP contribution in [0, 0.1) is 0 Å². The van der Waals surface area contributed by atoms with Crippen LogP contribution in [0.2, 0.25) is 0 Å². The van der Waals surface area contributed by atoms with Gasteiger partial charge in [-0.05, 0) is 38.0 Å². The molecule has 0 amide bonds. The average Bonchev–Trinajstić information content (AvgIpc) is 2.43. The van der Waals surface area contributed by atoms with Crippen LogP contribution in [0.1, 0.15) is 32.8 Å². The standard InChI is InChI=1S/C14H24N2O3S/c1-5-8-16(11(2)3)20(17,18)14-9-12(10-15)6-7-13(14)19-4/h6-7,9,11H,5,8,10,15H2,1-4H3. The smallest absolute Gasteiger partial charge is 0.246 e. The Morgan fingerprint density at radius 1 is 1.35 bits per heavy atom. The van der Waals surface area contributed by atoms with Gasteiger partial charge in [-0.3, -0.25) is 0 Å². The van der Waals surface area contributed by atoms with E-state index in [0.717, 1.165) is 12.0 Å². The highest BCUT2D eigenvalue weighted by Gasteiger charge is 2.29. The Morgan fingerprint density at radius 3 is 2.45 bits per heavy atom. The van der Waals surface area contributed by atoms with E-state index in [2.05, 4.69) is 0 Å². The SMILES string of the molecule is CCCN(C(C)C)S(=O)(=O)c1cc(CN)ccc1OC. The highest BCUT2D eigenvalue weighted by Crippen LogP contribution is 2.29. The van der Waals surface area contributed by atoms with E-state index in [0.29, 0.717) is 18.8 Å². The van der Waals surface area contributed by atoms with Gasteiger partial charge in [-0.25, -0.2) is 8.42 Å². The van der Waals surface area contributed by atoms with Crippen LogP contribution >= 0.6 is 0 Å². The lowest BCUT2D eigenvalue weighted by Gasteiger charge is -2.26. The zero-order valence-corrected chi connectivity index (χ0v) is 13.4. The normalized spacial score (nSPS) is 12.2. The Balaban J connectivity index is 3.38. The van der Waals surface area contributed by atoms with Crippen molar-refractivity contribution in [1.29, 1.82) is 0 Å². The molecule has 1 aromatic rings. The third-order valence-electron chi connectivity index (χ3n) is 3.07. The van der Waals surface area contributed by atoms with E-state index in [1.165, 1.54) is 11.4 Å². The second-order valence-electron chi connectivity index (χ2n) is 4.90. The summed E-state index contributed by atoms with van der Waals surface area (Å²) >= 11 is 0. The van der Waals surface area contributed by atoms with Crippen molar-refractivity contribution in [2.75, 3.05) is 13.7 Å². The average molecular weight is 300 g/mol. The van der Waals surface area contributed by atoms with Gasteiger partial charge in [-0.2, -0.15) is 4.31 Å². The number of hydrogen-bond donors (Lipinski definition) is 1. The van der Waals surface area contributed by atoms with Crippen LogP contribution in [0.15, 0.2) is 23.1 Å². The fourth-order valence-corrected chi connectivity index (χ4v) is 3.99. The van der Waals surface area contributed by atoms with Crippen LogP contribution in [0.3, 0.4) is 0 Å². The highest BCUT2D eigenvalue weighted by atomic mass is 32.2. The number of nitrogens with two attached hydrogens (primary N) is 1. The molecule has 0 aliphatic heterocycles. The molecule has 0 unspecified atom stereocenters. The fraction of sp³-hybridized carbons (Fsp3) is 0.571. The van der Waals surface area contributed by atoms with Gasteiger partial charge < -0.3 is 10.5 Å². The summed E-state index contributed by atoms with van der Waals surface area (Å²) < 4.78 is 32.3. The molecule has 0 heterocycles. The lowest BCUT2D eigenvalue weighted by molar-refractivity contribution is 0.349. The summed E-state index contributed by atoms with van der Waals surface area (Å²) in [5.74, 6) is 0.351. The van der Waals surface area contributed by atoms with Gasteiger partial charge in [0.05, 0.1) is 7.11 Å². The molecule has 0 saturated carbocycles. The molecule has 0 aromatic heterocycles. The molecule has 114 valence electrons. The number of benzene rings is 1. The third kappa shape index (κ3) is 3.50. The number of nitrogens with zero attached hydrogens (tertiary/aromatic N) is 1. The van der Waals surface area contributed by atoms with Crippen molar-refractivity contribution in [2.24, 2.45) is 5.73 Å². The molecule has 0 atom stereocenters. The van der Waals surface area contributed by atoms with Gasteiger partial charge in [-0.1, -0.05) is 13.0 Å². The molecule has 0 saturated heterocycles. The predicted octanol–water partition coefficient (Wildman–Crippen LogP) is 1.96. The molecular formula is C14H24N2O3S. The maximum atomic E-state index is 12.8. The molecule has 1 rings (SSSR count). The summed E-state index contributed by atoms with van der Waals surface area (Å²) in [4.78, 5) is 0.185. The lowest BCUT2D eigenvalue weighted by atomic mass is 10.2. The molecule has 0 aliphatic rings. The third-order valence-corrected chi connectivity index (χ3v) is 5.17. The summed E-state index contributed by atoms with van der Waals surface area (Å²) in [6.07, 6.45) is 0.760. The zero-order valence-electron chi connectivity index (χ0n) is 12.6. The van der Waals surface area contributed by atoms with Crippen molar-refractivity contribution < 1.29 is 13.2 Å². The van der Waals surface area contributed by atoms with Crippen LogP contribution in [-0.2, 0) is 16.6 Å². The molecule has 0 spiro atoms. The van der Waals surface area contributed by atoms with E-state index in [1.54, 1.807) is 18.2 Å². The molecule has 20 heavy (non-hydrogen) atoms. The van der Waals surface area contributed by atoms with Crippen molar-refractivity contribution in [3.05, 3.63) is 23.8 Å². The topological polar surface area (TPSA) is 72.6 Å². The lowest BCUT2D eigenvalue weighted by Crippen LogP contribution is -2.37. The Kier molecular flexibility index (Phi) is 5.98. The molecule has 6 heteroatoms. The van der Waals surface area contributed by atoms with Crippen molar-refractivity contribution in [3.63, 3.8) is 0 Å². The molecular weight excluding hydrogens is 276 g/mol. The molecule has 1 aromatic carbocycles. The van der Waals surface area contributed by atoms with E-state index in [9.17, 15) is 8.42 Å². The van der Waals surface area contributed by atoms with Gasteiger partial charge in [0.25, 0.3) is 0 Å². The van der Waals surface area contributed by atoms with Crippen LogP contribution in [0.25, 0.3) is 0 Å². The van der Waals surface area contributed by atoms with Gasteiger partial charge in [0.1, 0.15) is 10.6 Å². The number of methoxy groups -OCH3 is 1. The summed E-state index contributed by atoms with van der Waals surface area (Å²) in [5.41, 5.74) is 6.37. The predicted molar refractivity (Wildman–Crippen MR) is 80.2 cm³/mol. The number of ether oxygens (including phenoxy) is 1. The van der Waals surface area contributed by atoms with Crippen molar-refractivity contribution >= 4 is 10.0 Å². The van der Waals surface area contributed by atoms with Gasteiger partial charge in [0.2, 0.25) is 10.0 Å². The van der Waals surface area contributed by atoms with Crippen molar-refractivity contribution in [3.8, 4) is 5.75 Å². The van der Waals surface area contributed by atoms with Gasteiger partial charge >= 0.3 is 0 Å². The monoisotopic (exact) mass is 300 g/mol. The minimum Gasteiger partial charge on any atom is -0.495 e. The Hall–Kier alpha value is -1.11. The maximum absolute atomic E-state index is 12.8. The largest absolute Gasteiger partial charge is 0.495 e. The quantitative estimate of drug-likeness (QED) is 0.835. The van der Waals surface area contributed by atoms with E-state index in [4.69, 9.17) is 10.5 Å². The van der Waals surface area contributed by atoms with Gasteiger partial charge in [0, 0.05) is 19.1 Å². The minimum absolute atomic E-state index is 0.105. The molecule has 2 N–H and O–H groups in total. The molecule has 0 fully saturated rings. The summed E-state index contributed by atoms with van der Waals surface area (Å²) in [6, 6.07) is 4.92. The van der Waals surface area contributed by atoms with Crippen molar-refractivity contribution in [2.45, 2.75) is 44.7 Å². The van der Waals surface area contributed by atoms with Crippen LogP contribution in [0.4, 0.5) is 0 Å². The first-order valence-corrected chi connectivity index (χ1v) is 8.21. The molecule has 0 aliphatic carbocycles. The first-order valence-electron chi connectivity index (χ1n) is 6.77. The van der Waals surface area contributed by atoms with E-state index in [1.807, 2.05) is 20.8 Å². The Bertz CT molecular complexity index is 541. The van der Waals surface area contributed by atoms with Gasteiger partial charge in [0.15, 0.2) is 0 Å². The second kappa shape index (κ2) is 7.06. The van der Waals surface area contributed by atoms with E-state index >= 15 is 0 Å². The first-order chi connectivity index (χ1) is 9.38. The van der Waals surface area contributed by atoms with Crippen molar-refractivity contribution in [1.82, 2.24) is 4.31 Å². The second-order valence-corrected chi connectivity index (χ2v) is 6.76. The van der Waals surface area contributed by atoms with Crippen LogP contribution < -0.4 is 10.5 Å². The molecule has 5 nitrogen and oxygen atoms in total. The number of sulfonamides is 1.